The molecular weight excluding hydrogens is 336 g/mol. The van der Waals surface area contributed by atoms with Crippen LogP contribution in [0, 0.1) is 0 Å². The number of hydrogen-bond donors (Lipinski definition) is 1. The van der Waals surface area contributed by atoms with Crippen molar-refractivity contribution in [3.8, 4) is 0 Å². The summed E-state index contributed by atoms with van der Waals surface area (Å²) in [5.41, 5.74) is 0. The van der Waals surface area contributed by atoms with Gasteiger partial charge >= 0.3 is 0 Å². The summed E-state index contributed by atoms with van der Waals surface area (Å²) in [7, 11) is 1.61. The van der Waals surface area contributed by atoms with E-state index in [1.165, 1.54) is 12.8 Å². The zero-order valence-corrected chi connectivity index (χ0v) is 15.7. The molecule has 4 fully saturated rings. The smallest absolute Gasteiger partial charge is 0.169 e. The van der Waals surface area contributed by atoms with Gasteiger partial charge in [0, 0.05) is 25.7 Å². The first kappa shape index (κ1) is 18.7. The highest BCUT2D eigenvalue weighted by Gasteiger charge is 2.53. The molecule has 2 saturated carbocycles. The van der Waals surface area contributed by atoms with Crippen molar-refractivity contribution in [3.05, 3.63) is 12.3 Å². The Labute approximate surface area is 155 Å². The molecule has 0 aromatic rings. The van der Waals surface area contributed by atoms with E-state index in [1.54, 1.807) is 13.4 Å². The molecular formula is C20H32O6. The van der Waals surface area contributed by atoms with E-state index in [9.17, 15) is 5.11 Å². The van der Waals surface area contributed by atoms with E-state index in [-0.39, 0.29) is 12.2 Å². The lowest BCUT2D eigenvalue weighted by molar-refractivity contribution is -0.216. The lowest BCUT2D eigenvalue weighted by Gasteiger charge is -2.34. The van der Waals surface area contributed by atoms with Gasteiger partial charge in [-0.15, -0.1) is 0 Å². The summed E-state index contributed by atoms with van der Waals surface area (Å²) in [6, 6.07) is 0. The minimum atomic E-state index is -0.788. The number of aliphatic hydroxyl groups is 1. The molecule has 148 valence electrons. The zero-order chi connectivity index (χ0) is 18.0. The molecule has 2 heterocycles. The Morgan fingerprint density at radius 2 is 1.58 bits per heavy atom. The SMILES string of the molecule is CO/C=C/C1OC2(CCCCC2)OC1C(O)C1COC2(CCCCC2)O1. The van der Waals surface area contributed by atoms with Crippen molar-refractivity contribution in [2.45, 2.75) is 100 Å². The number of methoxy groups -OCH3 is 1. The standard InChI is InChI=1S/C20H32O6/c1-22-13-8-15-18(26-20(24-15)11-6-3-7-12-20)17(21)16-14-23-19(25-16)9-4-2-5-10-19/h8,13,15-18,21H,2-7,9-12,14H2,1H3/b13-8+. The number of ether oxygens (including phenoxy) is 5. The van der Waals surface area contributed by atoms with E-state index in [4.69, 9.17) is 23.7 Å². The van der Waals surface area contributed by atoms with Gasteiger partial charge in [-0.2, -0.15) is 0 Å². The van der Waals surface area contributed by atoms with Crippen LogP contribution in [-0.4, -0.2) is 54.8 Å². The summed E-state index contributed by atoms with van der Waals surface area (Å²) in [4.78, 5) is 0. The molecule has 4 atom stereocenters. The first-order chi connectivity index (χ1) is 12.7. The quantitative estimate of drug-likeness (QED) is 0.770. The fourth-order valence-corrected chi connectivity index (χ4v) is 4.86. The molecule has 2 saturated heterocycles. The van der Waals surface area contributed by atoms with Crippen molar-refractivity contribution in [1.82, 2.24) is 0 Å². The van der Waals surface area contributed by atoms with Crippen molar-refractivity contribution in [2.75, 3.05) is 13.7 Å². The third-order valence-corrected chi connectivity index (χ3v) is 6.25. The molecule has 0 amide bonds. The molecule has 4 aliphatic rings. The molecule has 4 rings (SSSR count). The maximum atomic E-state index is 11.1. The van der Waals surface area contributed by atoms with E-state index >= 15 is 0 Å². The Morgan fingerprint density at radius 1 is 0.923 bits per heavy atom. The highest BCUT2D eigenvalue weighted by molar-refractivity contribution is 5.03. The van der Waals surface area contributed by atoms with Gasteiger partial charge < -0.3 is 28.8 Å². The van der Waals surface area contributed by atoms with E-state index in [0.29, 0.717) is 6.61 Å². The van der Waals surface area contributed by atoms with Gasteiger partial charge in [-0.3, -0.25) is 0 Å². The number of rotatable bonds is 4. The van der Waals surface area contributed by atoms with Crippen LogP contribution in [0.25, 0.3) is 0 Å². The van der Waals surface area contributed by atoms with Crippen molar-refractivity contribution in [1.29, 1.82) is 0 Å². The van der Waals surface area contributed by atoms with Crippen LogP contribution in [0.5, 0.6) is 0 Å². The van der Waals surface area contributed by atoms with Gasteiger partial charge in [0.25, 0.3) is 0 Å². The predicted molar refractivity (Wildman–Crippen MR) is 94.4 cm³/mol. The molecule has 0 bridgehead atoms. The van der Waals surface area contributed by atoms with Crippen molar-refractivity contribution >= 4 is 0 Å². The van der Waals surface area contributed by atoms with Crippen LogP contribution >= 0.6 is 0 Å². The second kappa shape index (κ2) is 7.76. The van der Waals surface area contributed by atoms with E-state index in [1.807, 2.05) is 6.08 Å². The molecule has 0 aromatic carbocycles. The second-order valence-electron chi connectivity index (χ2n) is 8.13. The Hall–Kier alpha value is -0.660. The molecule has 0 radical (unpaired) electrons. The summed E-state index contributed by atoms with van der Waals surface area (Å²) in [6.45, 7) is 0.411. The van der Waals surface area contributed by atoms with Crippen LogP contribution in [-0.2, 0) is 23.7 Å². The Balaban J connectivity index is 1.46. The monoisotopic (exact) mass is 368 g/mol. The highest BCUT2D eigenvalue weighted by Crippen LogP contribution is 2.44. The predicted octanol–water partition coefficient (Wildman–Crippen LogP) is 3.03. The Bertz CT molecular complexity index is 495. The second-order valence-corrected chi connectivity index (χ2v) is 8.13. The van der Waals surface area contributed by atoms with Gasteiger partial charge in [-0.25, -0.2) is 0 Å². The van der Waals surface area contributed by atoms with Gasteiger partial charge in [-0.05, 0) is 31.8 Å². The van der Waals surface area contributed by atoms with Crippen LogP contribution in [0.3, 0.4) is 0 Å². The highest BCUT2D eigenvalue weighted by atomic mass is 16.8. The minimum Gasteiger partial charge on any atom is -0.505 e. The summed E-state index contributed by atoms with van der Waals surface area (Å²) in [6.07, 6.45) is 11.9. The first-order valence-electron chi connectivity index (χ1n) is 10.2. The Morgan fingerprint density at radius 3 is 2.23 bits per heavy atom. The number of hydrogen-bond acceptors (Lipinski definition) is 6. The zero-order valence-electron chi connectivity index (χ0n) is 15.7. The molecule has 2 spiro atoms. The molecule has 2 aliphatic carbocycles. The minimum absolute atomic E-state index is 0.338. The van der Waals surface area contributed by atoms with E-state index in [0.717, 1.165) is 51.4 Å². The third kappa shape index (κ3) is 3.67. The fourth-order valence-electron chi connectivity index (χ4n) is 4.86. The largest absolute Gasteiger partial charge is 0.505 e. The van der Waals surface area contributed by atoms with Crippen molar-refractivity contribution in [2.24, 2.45) is 0 Å². The maximum absolute atomic E-state index is 11.1. The average molecular weight is 368 g/mol. The molecule has 6 heteroatoms. The topological polar surface area (TPSA) is 66.4 Å². The fraction of sp³-hybridized carbons (Fsp3) is 0.900. The Kier molecular flexibility index (Phi) is 5.58. The van der Waals surface area contributed by atoms with Gasteiger partial charge in [-0.1, -0.05) is 12.8 Å². The van der Waals surface area contributed by atoms with Crippen LogP contribution in [0.4, 0.5) is 0 Å². The summed E-state index contributed by atoms with van der Waals surface area (Å²) < 4.78 is 29.9. The third-order valence-electron chi connectivity index (χ3n) is 6.25. The van der Waals surface area contributed by atoms with E-state index < -0.39 is 23.8 Å². The molecule has 4 unspecified atom stereocenters. The normalized spacial score (nSPS) is 37.5. The first-order valence-corrected chi connectivity index (χ1v) is 10.2. The average Bonchev–Trinajstić information content (AvgIpc) is 3.23. The van der Waals surface area contributed by atoms with Gasteiger partial charge in [0.05, 0.1) is 20.0 Å². The summed E-state index contributed by atoms with van der Waals surface area (Å²) >= 11 is 0. The lowest BCUT2D eigenvalue weighted by Crippen LogP contribution is -2.45. The summed E-state index contributed by atoms with van der Waals surface area (Å²) in [5.74, 6) is -1.07. The lowest BCUT2D eigenvalue weighted by atomic mass is 9.94. The van der Waals surface area contributed by atoms with Gasteiger partial charge in [0.2, 0.25) is 0 Å². The van der Waals surface area contributed by atoms with Crippen LogP contribution < -0.4 is 0 Å². The molecule has 0 aromatic heterocycles. The van der Waals surface area contributed by atoms with Crippen LogP contribution in [0.15, 0.2) is 12.3 Å². The van der Waals surface area contributed by atoms with Gasteiger partial charge in [0.15, 0.2) is 11.6 Å². The molecule has 1 N–H and O–H groups in total. The molecule has 6 nitrogen and oxygen atoms in total. The van der Waals surface area contributed by atoms with Crippen LogP contribution in [0.1, 0.15) is 64.2 Å². The molecule has 2 aliphatic heterocycles. The van der Waals surface area contributed by atoms with E-state index in [2.05, 4.69) is 0 Å². The maximum Gasteiger partial charge on any atom is 0.169 e. The van der Waals surface area contributed by atoms with Gasteiger partial charge in [0.1, 0.15) is 24.4 Å². The van der Waals surface area contributed by atoms with Crippen molar-refractivity contribution in [3.63, 3.8) is 0 Å². The number of aliphatic hydroxyl groups excluding tert-OH is 1. The van der Waals surface area contributed by atoms with Crippen LogP contribution in [0.2, 0.25) is 0 Å². The summed E-state index contributed by atoms with van der Waals surface area (Å²) in [5, 5.41) is 11.1. The molecule has 26 heavy (non-hydrogen) atoms. The van der Waals surface area contributed by atoms with Crippen molar-refractivity contribution < 1.29 is 28.8 Å².